The van der Waals surface area contributed by atoms with Crippen LogP contribution in [0.2, 0.25) is 0 Å². The van der Waals surface area contributed by atoms with Crippen molar-refractivity contribution in [2.45, 2.75) is 19.8 Å². The van der Waals surface area contributed by atoms with Gasteiger partial charge in [0, 0.05) is 17.8 Å². The molecule has 0 fully saturated rings. The summed E-state index contributed by atoms with van der Waals surface area (Å²) in [5, 5.41) is 19.8. The molecule has 0 aliphatic heterocycles. The second kappa shape index (κ2) is 5.34. The molecule has 2 aromatic rings. The molecule has 0 spiro atoms. The number of anilines is 1. The van der Waals surface area contributed by atoms with Crippen LogP contribution in [0.25, 0.3) is 0 Å². The lowest BCUT2D eigenvalue weighted by Crippen LogP contribution is -2.12. The average Bonchev–Trinajstić information content (AvgIpc) is 2.98. The number of aryl methyl sites for hydroxylation is 1. The van der Waals surface area contributed by atoms with Crippen molar-refractivity contribution in [3.63, 3.8) is 0 Å². The van der Waals surface area contributed by atoms with Crippen LogP contribution in [-0.4, -0.2) is 26.0 Å². The van der Waals surface area contributed by atoms with Crippen molar-refractivity contribution in [2.75, 3.05) is 5.32 Å². The Morgan fingerprint density at radius 1 is 1.53 bits per heavy atom. The minimum Gasteiger partial charge on any atom is -0.351 e. The lowest BCUT2D eigenvalue weighted by atomic mass is 10.2. The monoisotopic (exact) mass is 263 g/mol. The van der Waals surface area contributed by atoms with Gasteiger partial charge in [-0.05, 0) is 6.42 Å². The molecule has 0 radical (unpaired) electrons. The van der Waals surface area contributed by atoms with Gasteiger partial charge in [-0.15, -0.1) is 0 Å². The number of H-pyrrole nitrogens is 2. The van der Waals surface area contributed by atoms with Crippen LogP contribution < -0.4 is 5.32 Å². The van der Waals surface area contributed by atoms with Crippen molar-refractivity contribution in [3.05, 3.63) is 39.8 Å². The van der Waals surface area contributed by atoms with E-state index in [2.05, 4.69) is 20.5 Å². The number of carbonyl (C=O) groups is 1. The van der Waals surface area contributed by atoms with Crippen LogP contribution in [0.4, 0.5) is 11.5 Å². The summed E-state index contributed by atoms with van der Waals surface area (Å²) in [5.74, 6) is -0.0756. The molecule has 19 heavy (non-hydrogen) atoms. The zero-order chi connectivity index (χ0) is 13.8. The molecule has 0 aliphatic rings. The van der Waals surface area contributed by atoms with Gasteiger partial charge in [-0.2, -0.15) is 5.10 Å². The number of carbonyl (C=O) groups excluding carboxylic acids is 1. The Morgan fingerprint density at radius 2 is 2.32 bits per heavy atom. The number of nitro groups is 1. The first-order valence-corrected chi connectivity index (χ1v) is 5.78. The number of aromatic amines is 2. The molecule has 100 valence electrons. The van der Waals surface area contributed by atoms with Crippen molar-refractivity contribution in [3.8, 4) is 0 Å². The highest BCUT2D eigenvalue weighted by molar-refractivity contribution is 6.02. The van der Waals surface area contributed by atoms with Gasteiger partial charge in [0.05, 0.1) is 11.1 Å². The third kappa shape index (κ3) is 2.97. The van der Waals surface area contributed by atoms with E-state index in [0.29, 0.717) is 5.82 Å². The minimum atomic E-state index is -0.568. The summed E-state index contributed by atoms with van der Waals surface area (Å²) in [4.78, 5) is 24.3. The Balaban J connectivity index is 2.04. The molecule has 3 N–H and O–H groups in total. The maximum absolute atomic E-state index is 11.8. The standard InChI is InChI=1S/C11H13N5O3/c1-2-3-7-4-10(15-14-7)13-11(17)9-5-8(6-12-9)16(18)19/h4-6,12H,2-3H2,1H3,(H2,13,14,15,17). The van der Waals surface area contributed by atoms with E-state index >= 15 is 0 Å². The molecule has 0 unspecified atom stereocenters. The minimum absolute atomic E-state index is 0.117. The van der Waals surface area contributed by atoms with Gasteiger partial charge in [0.25, 0.3) is 11.6 Å². The molecule has 0 aliphatic carbocycles. The van der Waals surface area contributed by atoms with Gasteiger partial charge in [0.1, 0.15) is 5.69 Å². The van der Waals surface area contributed by atoms with Gasteiger partial charge in [-0.3, -0.25) is 20.0 Å². The number of nitrogens with zero attached hydrogens (tertiary/aromatic N) is 2. The van der Waals surface area contributed by atoms with Crippen LogP contribution in [0.5, 0.6) is 0 Å². The SMILES string of the molecule is CCCc1cc(NC(=O)c2cc([N+](=O)[O-])c[nH]2)n[nH]1. The summed E-state index contributed by atoms with van der Waals surface area (Å²) in [6, 6.07) is 2.91. The Kier molecular flexibility index (Phi) is 3.60. The molecule has 2 heterocycles. The van der Waals surface area contributed by atoms with Gasteiger partial charge < -0.3 is 10.3 Å². The van der Waals surface area contributed by atoms with Crippen LogP contribution in [0.1, 0.15) is 29.5 Å². The predicted molar refractivity (Wildman–Crippen MR) is 68.0 cm³/mol. The lowest BCUT2D eigenvalue weighted by Gasteiger charge is -1.97. The molecule has 2 aromatic heterocycles. The summed E-state index contributed by atoms with van der Waals surface area (Å²) in [6.07, 6.45) is 2.98. The van der Waals surface area contributed by atoms with Crippen LogP contribution >= 0.6 is 0 Å². The van der Waals surface area contributed by atoms with Gasteiger partial charge >= 0.3 is 0 Å². The fraction of sp³-hybridized carbons (Fsp3) is 0.273. The molecular weight excluding hydrogens is 250 g/mol. The Hall–Kier alpha value is -2.64. The van der Waals surface area contributed by atoms with E-state index in [1.54, 1.807) is 6.07 Å². The van der Waals surface area contributed by atoms with Gasteiger partial charge in [-0.1, -0.05) is 13.3 Å². The highest BCUT2D eigenvalue weighted by Crippen LogP contribution is 2.14. The van der Waals surface area contributed by atoms with Crippen LogP contribution in [0.15, 0.2) is 18.3 Å². The van der Waals surface area contributed by atoms with Gasteiger partial charge in [-0.25, -0.2) is 0 Å². The predicted octanol–water partition coefficient (Wildman–Crippen LogP) is 1.85. The number of amides is 1. The number of rotatable bonds is 5. The zero-order valence-electron chi connectivity index (χ0n) is 10.3. The molecule has 8 nitrogen and oxygen atoms in total. The van der Waals surface area contributed by atoms with Crippen molar-refractivity contribution < 1.29 is 9.72 Å². The lowest BCUT2D eigenvalue weighted by molar-refractivity contribution is -0.384. The summed E-state index contributed by atoms with van der Waals surface area (Å²) in [5.41, 5.74) is 0.890. The number of nitrogens with one attached hydrogen (secondary N) is 3. The van der Waals surface area contributed by atoms with Crippen molar-refractivity contribution in [1.82, 2.24) is 15.2 Å². The van der Waals surface area contributed by atoms with E-state index in [1.807, 2.05) is 6.92 Å². The molecule has 0 saturated carbocycles. The van der Waals surface area contributed by atoms with E-state index in [4.69, 9.17) is 0 Å². The Morgan fingerprint density at radius 3 is 2.95 bits per heavy atom. The summed E-state index contributed by atoms with van der Waals surface area (Å²) in [6.45, 7) is 2.04. The third-order valence-corrected chi connectivity index (χ3v) is 2.52. The third-order valence-electron chi connectivity index (χ3n) is 2.52. The average molecular weight is 263 g/mol. The van der Waals surface area contributed by atoms with Crippen LogP contribution in [0, 0.1) is 10.1 Å². The second-order valence-electron chi connectivity index (χ2n) is 4.01. The number of hydrogen-bond acceptors (Lipinski definition) is 4. The van der Waals surface area contributed by atoms with E-state index in [0.717, 1.165) is 18.5 Å². The Bertz CT molecular complexity index is 601. The fourth-order valence-electron chi connectivity index (χ4n) is 1.63. The van der Waals surface area contributed by atoms with Gasteiger partial charge in [0.2, 0.25) is 0 Å². The van der Waals surface area contributed by atoms with Gasteiger partial charge in [0.15, 0.2) is 5.82 Å². The van der Waals surface area contributed by atoms with Crippen molar-refractivity contribution in [1.29, 1.82) is 0 Å². The summed E-state index contributed by atoms with van der Waals surface area (Å²) in [7, 11) is 0. The molecule has 0 aromatic carbocycles. The van der Waals surface area contributed by atoms with E-state index < -0.39 is 10.8 Å². The first-order chi connectivity index (χ1) is 9.10. The van der Waals surface area contributed by atoms with E-state index in [9.17, 15) is 14.9 Å². The quantitative estimate of drug-likeness (QED) is 0.563. The molecular formula is C11H13N5O3. The summed E-state index contributed by atoms with van der Waals surface area (Å²) >= 11 is 0. The molecule has 0 atom stereocenters. The first-order valence-electron chi connectivity index (χ1n) is 5.78. The Labute approximate surface area is 108 Å². The molecule has 1 amide bonds. The zero-order valence-corrected chi connectivity index (χ0v) is 10.3. The molecule has 2 rings (SSSR count). The summed E-state index contributed by atoms with van der Waals surface area (Å²) < 4.78 is 0. The maximum Gasteiger partial charge on any atom is 0.287 e. The molecule has 0 bridgehead atoms. The van der Waals surface area contributed by atoms with Crippen LogP contribution in [-0.2, 0) is 6.42 Å². The largest absolute Gasteiger partial charge is 0.351 e. The van der Waals surface area contributed by atoms with E-state index in [-0.39, 0.29) is 11.4 Å². The number of aromatic nitrogens is 3. The first kappa shape index (κ1) is 12.8. The normalized spacial score (nSPS) is 10.4. The fourth-order valence-corrected chi connectivity index (χ4v) is 1.63. The number of hydrogen-bond donors (Lipinski definition) is 3. The molecule has 8 heteroatoms. The molecule has 0 saturated heterocycles. The second-order valence-corrected chi connectivity index (χ2v) is 4.01. The van der Waals surface area contributed by atoms with Crippen molar-refractivity contribution in [2.24, 2.45) is 0 Å². The highest BCUT2D eigenvalue weighted by Gasteiger charge is 2.15. The van der Waals surface area contributed by atoms with Crippen molar-refractivity contribution >= 4 is 17.4 Å². The maximum atomic E-state index is 11.8. The highest BCUT2D eigenvalue weighted by atomic mass is 16.6. The van der Waals surface area contributed by atoms with E-state index in [1.165, 1.54) is 12.3 Å². The smallest absolute Gasteiger partial charge is 0.287 e. The topological polar surface area (TPSA) is 117 Å². The van der Waals surface area contributed by atoms with Crippen LogP contribution in [0.3, 0.4) is 0 Å².